The number of carboxylic acids is 1. The minimum Gasteiger partial charge on any atom is -0.546 e. The molecule has 1 aromatic rings. The molecular formula is C10H11O4S-. The van der Waals surface area contributed by atoms with E-state index in [1.165, 1.54) is 0 Å². The van der Waals surface area contributed by atoms with Crippen LogP contribution in [0.2, 0.25) is 0 Å². The van der Waals surface area contributed by atoms with E-state index in [2.05, 4.69) is 0 Å². The highest BCUT2D eigenvalue weighted by atomic mass is 32.2. The monoisotopic (exact) mass is 227 g/mol. The van der Waals surface area contributed by atoms with Crippen molar-refractivity contribution in [2.75, 3.05) is 12.9 Å². The molecule has 0 saturated heterocycles. The Balaban J connectivity index is 2.82. The van der Waals surface area contributed by atoms with Gasteiger partial charge in [-0.25, -0.2) is 0 Å². The van der Waals surface area contributed by atoms with E-state index < -0.39 is 23.4 Å². The Hall–Kier alpha value is -1.36. The lowest BCUT2D eigenvalue weighted by molar-refractivity contribution is -0.307. The van der Waals surface area contributed by atoms with Gasteiger partial charge in [0.25, 0.3) is 0 Å². The number of ether oxygens (including phenoxy) is 1. The predicted molar refractivity (Wildman–Crippen MR) is 54.0 cm³/mol. The van der Waals surface area contributed by atoms with Crippen LogP contribution in [-0.2, 0) is 15.6 Å². The van der Waals surface area contributed by atoms with Crippen LogP contribution < -0.4 is 9.84 Å². The normalized spacial score (nSPS) is 12.1. The van der Waals surface area contributed by atoms with Crippen molar-refractivity contribution in [1.29, 1.82) is 0 Å². The van der Waals surface area contributed by atoms with Crippen LogP contribution >= 0.6 is 0 Å². The van der Waals surface area contributed by atoms with Gasteiger partial charge in [0.2, 0.25) is 0 Å². The molecule has 0 spiro atoms. The molecule has 0 N–H and O–H groups in total. The van der Waals surface area contributed by atoms with Crippen LogP contribution in [0.25, 0.3) is 0 Å². The van der Waals surface area contributed by atoms with Gasteiger partial charge >= 0.3 is 0 Å². The number of carbonyl (C=O) groups is 1. The number of aliphatic carboxylic acids is 1. The maximum Gasteiger partial charge on any atom is 0.128 e. The quantitative estimate of drug-likeness (QED) is 0.718. The van der Waals surface area contributed by atoms with Crippen LogP contribution in [0.3, 0.4) is 0 Å². The Labute approximate surface area is 90.3 Å². The molecule has 0 bridgehead atoms. The highest BCUT2D eigenvalue weighted by Gasteiger charge is 2.03. The van der Waals surface area contributed by atoms with Gasteiger partial charge in [0.15, 0.2) is 0 Å². The van der Waals surface area contributed by atoms with Crippen molar-refractivity contribution in [3.8, 4) is 5.75 Å². The van der Waals surface area contributed by atoms with Gasteiger partial charge in [0, 0.05) is 11.2 Å². The lowest BCUT2D eigenvalue weighted by atomic mass is 10.2. The van der Waals surface area contributed by atoms with Crippen molar-refractivity contribution in [3.05, 3.63) is 23.8 Å². The smallest absolute Gasteiger partial charge is 0.128 e. The highest BCUT2D eigenvalue weighted by molar-refractivity contribution is 7.84. The van der Waals surface area contributed by atoms with Gasteiger partial charge < -0.3 is 14.6 Å². The van der Waals surface area contributed by atoms with Crippen LogP contribution in [0, 0.1) is 6.92 Å². The molecule has 4 nitrogen and oxygen atoms in total. The summed E-state index contributed by atoms with van der Waals surface area (Å²) in [6, 6.07) is 4.91. The molecule has 0 aliphatic rings. The molecule has 0 amide bonds. The van der Waals surface area contributed by atoms with Gasteiger partial charge in [0.1, 0.15) is 12.4 Å². The molecule has 1 atom stereocenters. The lowest BCUT2D eigenvalue weighted by Crippen LogP contribution is -2.28. The number of aryl methyl sites for hydroxylation is 1. The number of rotatable bonds is 4. The molecule has 0 saturated carbocycles. The Morgan fingerprint density at radius 1 is 1.53 bits per heavy atom. The van der Waals surface area contributed by atoms with Gasteiger partial charge in [-0.2, -0.15) is 0 Å². The maximum absolute atomic E-state index is 11.2. The molecular weight excluding hydrogens is 216 g/mol. The number of carboxylic acid groups (broad SMARTS) is 1. The van der Waals surface area contributed by atoms with E-state index in [9.17, 15) is 14.1 Å². The first-order valence-corrected chi connectivity index (χ1v) is 5.83. The van der Waals surface area contributed by atoms with Gasteiger partial charge in [-0.3, -0.25) is 4.21 Å². The molecule has 15 heavy (non-hydrogen) atoms. The lowest BCUT2D eigenvalue weighted by Gasteiger charge is -2.09. The fourth-order valence-electron chi connectivity index (χ4n) is 1.18. The zero-order valence-electron chi connectivity index (χ0n) is 8.48. The van der Waals surface area contributed by atoms with Crippen molar-refractivity contribution in [1.82, 2.24) is 0 Å². The second-order valence-corrected chi connectivity index (χ2v) is 4.39. The van der Waals surface area contributed by atoms with Crippen molar-refractivity contribution in [2.45, 2.75) is 11.8 Å². The number of hydrogen-bond acceptors (Lipinski definition) is 4. The van der Waals surface area contributed by atoms with Gasteiger partial charge in [-0.15, -0.1) is 0 Å². The Morgan fingerprint density at radius 2 is 2.20 bits per heavy atom. The second kappa shape index (κ2) is 4.93. The Kier molecular flexibility index (Phi) is 3.85. The summed E-state index contributed by atoms with van der Waals surface area (Å²) in [6.07, 6.45) is 1.59. The molecule has 0 radical (unpaired) electrons. The summed E-state index contributed by atoms with van der Waals surface area (Å²) in [7, 11) is -1.05. The summed E-state index contributed by atoms with van der Waals surface area (Å²) >= 11 is 0. The van der Waals surface area contributed by atoms with Crippen molar-refractivity contribution < 1.29 is 18.8 Å². The van der Waals surface area contributed by atoms with E-state index in [0.717, 1.165) is 10.5 Å². The average Bonchev–Trinajstić information content (AvgIpc) is 2.14. The van der Waals surface area contributed by atoms with E-state index in [4.69, 9.17) is 4.74 Å². The standard InChI is InChI=1S/C10H12O4S/c1-7-5-8(14-6-10(11)12)3-4-9(7)15(2)13/h3-5H,6H2,1-2H3,(H,11,12)/p-1/t15-/m0/s1. The third kappa shape index (κ3) is 3.36. The zero-order valence-corrected chi connectivity index (χ0v) is 9.30. The largest absolute Gasteiger partial charge is 0.546 e. The summed E-state index contributed by atoms with van der Waals surface area (Å²) in [5.41, 5.74) is 0.812. The first kappa shape index (κ1) is 11.7. The van der Waals surface area contributed by atoms with Crippen LogP contribution in [0.5, 0.6) is 5.75 Å². The van der Waals surface area contributed by atoms with E-state index in [0.29, 0.717) is 5.75 Å². The third-order valence-corrected chi connectivity index (χ3v) is 2.89. The van der Waals surface area contributed by atoms with E-state index in [-0.39, 0.29) is 0 Å². The summed E-state index contributed by atoms with van der Waals surface area (Å²) in [4.78, 5) is 10.9. The molecule has 1 rings (SSSR count). The zero-order chi connectivity index (χ0) is 11.4. The maximum atomic E-state index is 11.2. The van der Waals surface area contributed by atoms with Crippen LogP contribution in [-0.4, -0.2) is 23.0 Å². The molecule has 0 aliphatic heterocycles. The molecule has 0 heterocycles. The van der Waals surface area contributed by atoms with E-state index in [1.807, 2.05) is 0 Å². The minimum absolute atomic E-state index is 0.436. The van der Waals surface area contributed by atoms with E-state index in [1.54, 1.807) is 31.4 Å². The number of hydrogen-bond donors (Lipinski definition) is 0. The predicted octanol–water partition coefficient (Wildman–Crippen LogP) is -0.139. The minimum atomic E-state index is -1.27. The van der Waals surface area contributed by atoms with Crippen LogP contribution in [0.15, 0.2) is 23.1 Å². The number of benzene rings is 1. The molecule has 0 fully saturated rings. The fourth-order valence-corrected chi connectivity index (χ4v) is 1.95. The second-order valence-electron chi connectivity index (χ2n) is 3.04. The molecule has 82 valence electrons. The summed E-state index contributed by atoms with van der Waals surface area (Å²) in [5, 5.41) is 10.1. The van der Waals surface area contributed by atoms with Crippen molar-refractivity contribution in [3.63, 3.8) is 0 Å². The van der Waals surface area contributed by atoms with Crippen LogP contribution in [0.4, 0.5) is 0 Å². The topological polar surface area (TPSA) is 66.4 Å². The third-order valence-electron chi connectivity index (χ3n) is 1.81. The molecule has 0 unspecified atom stereocenters. The Bertz CT molecular complexity index is 400. The Morgan fingerprint density at radius 3 is 2.67 bits per heavy atom. The highest BCUT2D eigenvalue weighted by Crippen LogP contribution is 2.19. The van der Waals surface area contributed by atoms with Gasteiger partial charge in [0.05, 0.1) is 16.8 Å². The summed E-state index contributed by atoms with van der Waals surface area (Å²) < 4.78 is 16.1. The SMILES string of the molecule is Cc1cc(OCC(=O)[O-])ccc1[S@](C)=O. The van der Waals surface area contributed by atoms with Gasteiger partial charge in [-0.05, 0) is 30.7 Å². The molecule has 1 aromatic carbocycles. The van der Waals surface area contributed by atoms with Crippen molar-refractivity contribution in [2.24, 2.45) is 0 Å². The molecule has 5 heteroatoms. The fraction of sp³-hybridized carbons (Fsp3) is 0.300. The average molecular weight is 227 g/mol. The first-order valence-electron chi connectivity index (χ1n) is 4.27. The molecule has 0 aromatic heterocycles. The summed E-state index contributed by atoms with van der Waals surface area (Å²) in [6.45, 7) is 1.32. The van der Waals surface area contributed by atoms with Gasteiger partial charge in [-0.1, -0.05) is 0 Å². The number of carbonyl (C=O) groups excluding carboxylic acids is 1. The summed E-state index contributed by atoms with van der Waals surface area (Å²) in [5.74, 6) is -0.832. The molecule has 0 aliphatic carbocycles. The van der Waals surface area contributed by atoms with Crippen LogP contribution in [0.1, 0.15) is 5.56 Å². The van der Waals surface area contributed by atoms with E-state index >= 15 is 0 Å². The van der Waals surface area contributed by atoms with Crippen molar-refractivity contribution >= 4 is 16.8 Å². The first-order chi connectivity index (χ1) is 7.00.